The van der Waals surface area contributed by atoms with E-state index in [0.29, 0.717) is 6.54 Å². The van der Waals surface area contributed by atoms with Gasteiger partial charge in [0, 0.05) is 6.54 Å². The van der Waals surface area contributed by atoms with Crippen molar-refractivity contribution in [1.29, 1.82) is 5.26 Å². The van der Waals surface area contributed by atoms with Crippen LogP contribution in [-0.4, -0.2) is 17.6 Å². The first-order chi connectivity index (χ1) is 5.13. The van der Waals surface area contributed by atoms with Gasteiger partial charge in [0.1, 0.15) is 11.8 Å². The summed E-state index contributed by atoms with van der Waals surface area (Å²) >= 11 is 0. The minimum Gasteiger partial charge on any atom is -0.511 e. The number of nitrogens with one attached hydrogen (secondary N) is 1. The fourth-order valence-corrected chi connectivity index (χ4v) is 0.545. The van der Waals surface area contributed by atoms with Gasteiger partial charge in [-0.3, -0.25) is 4.79 Å². The monoisotopic (exact) mass is 154 g/mol. The predicted molar refractivity (Wildman–Crippen MR) is 39.6 cm³/mol. The van der Waals surface area contributed by atoms with Crippen LogP contribution in [0.5, 0.6) is 0 Å². The van der Waals surface area contributed by atoms with Crippen LogP contribution in [0.15, 0.2) is 11.3 Å². The maximum atomic E-state index is 10.9. The molecule has 1 amide bonds. The van der Waals surface area contributed by atoms with Crippen LogP contribution < -0.4 is 5.32 Å². The lowest BCUT2D eigenvalue weighted by Gasteiger charge is -1.99. The molecule has 0 bridgehead atoms. The summed E-state index contributed by atoms with van der Waals surface area (Å²) in [6.07, 6.45) is 0. The van der Waals surface area contributed by atoms with E-state index in [2.05, 4.69) is 5.32 Å². The standard InChI is InChI=1S/C7H10N2O2/c1-3-9-7(11)6(4-8)5(2)10/h10H,3H2,1-2H3,(H,9,11). The smallest absolute Gasteiger partial charge is 0.265 e. The number of nitriles is 1. The Morgan fingerprint density at radius 3 is 2.55 bits per heavy atom. The van der Waals surface area contributed by atoms with E-state index in [4.69, 9.17) is 10.4 Å². The summed E-state index contributed by atoms with van der Waals surface area (Å²) in [5.74, 6) is -0.784. The van der Waals surface area contributed by atoms with E-state index >= 15 is 0 Å². The highest BCUT2D eigenvalue weighted by Crippen LogP contribution is 1.98. The summed E-state index contributed by atoms with van der Waals surface area (Å²) in [5, 5.41) is 19.6. The molecule has 4 nitrogen and oxygen atoms in total. The van der Waals surface area contributed by atoms with Gasteiger partial charge in [0.25, 0.3) is 5.91 Å². The molecule has 0 rings (SSSR count). The van der Waals surface area contributed by atoms with Gasteiger partial charge in [-0.1, -0.05) is 0 Å². The molecule has 0 spiro atoms. The first-order valence-corrected chi connectivity index (χ1v) is 3.21. The summed E-state index contributed by atoms with van der Waals surface area (Å²) in [6.45, 7) is 3.48. The number of carbonyl (C=O) groups is 1. The van der Waals surface area contributed by atoms with Crippen LogP contribution in [0.1, 0.15) is 13.8 Å². The normalized spacial score (nSPS) is 11.4. The zero-order chi connectivity index (χ0) is 8.85. The van der Waals surface area contributed by atoms with Gasteiger partial charge in [0.15, 0.2) is 5.57 Å². The quantitative estimate of drug-likeness (QED) is 0.345. The summed E-state index contributed by atoms with van der Waals surface area (Å²) in [7, 11) is 0. The molecule has 0 saturated heterocycles. The molecule has 11 heavy (non-hydrogen) atoms. The zero-order valence-electron chi connectivity index (χ0n) is 6.51. The van der Waals surface area contributed by atoms with E-state index in [1.165, 1.54) is 6.92 Å². The van der Waals surface area contributed by atoms with Crippen molar-refractivity contribution in [3.8, 4) is 6.07 Å². The Morgan fingerprint density at radius 1 is 1.73 bits per heavy atom. The van der Waals surface area contributed by atoms with Crippen LogP contribution in [0.2, 0.25) is 0 Å². The number of aliphatic hydroxyl groups is 1. The molecule has 0 aromatic heterocycles. The van der Waals surface area contributed by atoms with Crippen LogP contribution in [0.3, 0.4) is 0 Å². The number of rotatable bonds is 2. The minimum atomic E-state index is -0.532. The number of nitrogens with zero attached hydrogens (tertiary/aromatic N) is 1. The lowest BCUT2D eigenvalue weighted by atomic mass is 10.2. The molecule has 2 N–H and O–H groups in total. The average molecular weight is 154 g/mol. The van der Waals surface area contributed by atoms with Gasteiger partial charge in [-0.15, -0.1) is 0 Å². The van der Waals surface area contributed by atoms with Gasteiger partial charge in [-0.2, -0.15) is 5.26 Å². The Hall–Kier alpha value is -1.50. The van der Waals surface area contributed by atoms with Crippen molar-refractivity contribution >= 4 is 5.91 Å². The number of hydrogen-bond acceptors (Lipinski definition) is 3. The molecule has 0 aromatic rings. The van der Waals surface area contributed by atoms with E-state index in [-0.39, 0.29) is 11.3 Å². The Labute approximate surface area is 65.1 Å². The highest BCUT2D eigenvalue weighted by atomic mass is 16.3. The number of amides is 1. The number of hydrogen-bond donors (Lipinski definition) is 2. The second-order valence-electron chi connectivity index (χ2n) is 1.93. The molecule has 60 valence electrons. The Morgan fingerprint density at radius 2 is 2.27 bits per heavy atom. The maximum absolute atomic E-state index is 10.9. The number of allylic oxidation sites excluding steroid dienone is 1. The molecule has 0 unspecified atom stereocenters. The number of carbonyl (C=O) groups excluding carboxylic acids is 1. The molecule has 0 heterocycles. The lowest BCUT2D eigenvalue weighted by Crippen LogP contribution is -2.24. The van der Waals surface area contributed by atoms with Crippen LogP contribution in [-0.2, 0) is 4.79 Å². The largest absolute Gasteiger partial charge is 0.511 e. The topological polar surface area (TPSA) is 73.1 Å². The second kappa shape index (κ2) is 4.34. The highest BCUT2D eigenvalue weighted by molar-refractivity contribution is 5.97. The van der Waals surface area contributed by atoms with E-state index in [1.807, 2.05) is 0 Å². The summed E-state index contributed by atoms with van der Waals surface area (Å²) in [6, 6.07) is 1.60. The van der Waals surface area contributed by atoms with Crippen molar-refractivity contribution in [1.82, 2.24) is 5.32 Å². The second-order valence-corrected chi connectivity index (χ2v) is 1.93. The molecule has 0 radical (unpaired) electrons. The van der Waals surface area contributed by atoms with Crippen LogP contribution >= 0.6 is 0 Å². The number of aliphatic hydroxyl groups excluding tert-OH is 1. The van der Waals surface area contributed by atoms with Crippen molar-refractivity contribution in [2.24, 2.45) is 0 Å². The van der Waals surface area contributed by atoms with Crippen LogP contribution in [0.25, 0.3) is 0 Å². The predicted octanol–water partition coefficient (Wildman–Crippen LogP) is 0.478. The number of likely N-dealkylation sites (N-methyl/N-ethyl adjacent to an activating group) is 1. The lowest BCUT2D eigenvalue weighted by molar-refractivity contribution is -0.117. The fraction of sp³-hybridized carbons (Fsp3) is 0.429. The molecular formula is C7H10N2O2. The van der Waals surface area contributed by atoms with E-state index in [9.17, 15) is 4.79 Å². The molecule has 0 atom stereocenters. The molecule has 0 aromatic carbocycles. The molecule has 0 fully saturated rings. The first kappa shape index (κ1) is 9.50. The van der Waals surface area contributed by atoms with Crippen molar-refractivity contribution in [3.63, 3.8) is 0 Å². The first-order valence-electron chi connectivity index (χ1n) is 3.21. The molecule has 0 saturated carbocycles. The van der Waals surface area contributed by atoms with Gasteiger partial charge in [-0.25, -0.2) is 0 Å². The van der Waals surface area contributed by atoms with E-state index < -0.39 is 5.91 Å². The molecule has 0 aliphatic carbocycles. The van der Waals surface area contributed by atoms with E-state index in [0.717, 1.165) is 0 Å². The van der Waals surface area contributed by atoms with Gasteiger partial charge in [-0.05, 0) is 13.8 Å². The van der Waals surface area contributed by atoms with Gasteiger partial charge in [0.05, 0.1) is 0 Å². The summed E-state index contributed by atoms with van der Waals surface area (Å²) in [5.41, 5.74) is -0.230. The van der Waals surface area contributed by atoms with Crippen LogP contribution in [0, 0.1) is 11.3 Å². The molecule has 0 aliphatic rings. The average Bonchev–Trinajstić information content (AvgIpc) is 1.88. The third kappa shape index (κ3) is 2.72. The Balaban J connectivity index is 4.45. The highest BCUT2D eigenvalue weighted by Gasteiger charge is 2.09. The Bertz CT molecular complexity index is 221. The third-order valence-corrected chi connectivity index (χ3v) is 1.04. The fourth-order valence-electron chi connectivity index (χ4n) is 0.545. The van der Waals surface area contributed by atoms with Gasteiger partial charge in [0.2, 0.25) is 0 Å². The molecular weight excluding hydrogens is 144 g/mol. The van der Waals surface area contributed by atoms with Crippen LogP contribution in [0.4, 0.5) is 0 Å². The van der Waals surface area contributed by atoms with Crippen molar-refractivity contribution < 1.29 is 9.90 Å². The van der Waals surface area contributed by atoms with Gasteiger partial charge < -0.3 is 10.4 Å². The SMILES string of the molecule is CCNC(=O)C(C#N)=C(C)O. The minimum absolute atomic E-state index is 0.230. The van der Waals surface area contributed by atoms with Crippen molar-refractivity contribution in [2.75, 3.05) is 6.54 Å². The van der Waals surface area contributed by atoms with Gasteiger partial charge >= 0.3 is 0 Å². The van der Waals surface area contributed by atoms with Crippen molar-refractivity contribution in [3.05, 3.63) is 11.3 Å². The maximum Gasteiger partial charge on any atom is 0.265 e. The Kier molecular flexibility index (Phi) is 3.75. The van der Waals surface area contributed by atoms with E-state index in [1.54, 1.807) is 13.0 Å². The summed E-state index contributed by atoms with van der Waals surface area (Å²) in [4.78, 5) is 10.9. The molecule has 4 heteroatoms. The zero-order valence-corrected chi connectivity index (χ0v) is 6.51. The van der Waals surface area contributed by atoms with Crippen molar-refractivity contribution in [2.45, 2.75) is 13.8 Å². The molecule has 0 aliphatic heterocycles. The summed E-state index contributed by atoms with van der Waals surface area (Å²) < 4.78 is 0. The third-order valence-electron chi connectivity index (χ3n) is 1.04.